The van der Waals surface area contributed by atoms with Crippen LogP contribution in [-0.4, -0.2) is 48.2 Å². The summed E-state index contributed by atoms with van der Waals surface area (Å²) in [5.41, 5.74) is 0.501. The van der Waals surface area contributed by atoms with Crippen LogP contribution in [0.25, 0.3) is 0 Å². The molecule has 0 amide bonds. The summed E-state index contributed by atoms with van der Waals surface area (Å²) in [5, 5.41) is 17.4. The minimum Gasteiger partial charge on any atom is -0.481 e. The maximum absolute atomic E-state index is 10.5. The van der Waals surface area contributed by atoms with Crippen molar-refractivity contribution in [1.82, 2.24) is 0 Å². The summed E-state index contributed by atoms with van der Waals surface area (Å²) in [6.45, 7) is 3.14. The fourth-order valence-electron chi connectivity index (χ4n) is 1.97. The van der Waals surface area contributed by atoms with Gasteiger partial charge in [0.25, 0.3) is 0 Å². The Kier molecular flexibility index (Phi) is 7.22. The largest absolute Gasteiger partial charge is 0.481 e. The molecule has 0 spiro atoms. The Labute approximate surface area is 119 Å². The second-order valence-corrected chi connectivity index (χ2v) is 4.78. The Morgan fingerprint density at radius 3 is 2.40 bits per heavy atom. The number of carbonyl (C=O) groups is 1. The molecule has 1 aliphatic heterocycles. The van der Waals surface area contributed by atoms with Crippen LogP contribution in [0.15, 0.2) is 30.3 Å². The summed E-state index contributed by atoms with van der Waals surface area (Å²) in [6, 6.07) is 10.3. The molecule has 1 fully saturated rings. The van der Waals surface area contributed by atoms with Crippen LogP contribution >= 0.6 is 0 Å². The van der Waals surface area contributed by atoms with Gasteiger partial charge in [-0.05, 0) is 6.92 Å². The lowest BCUT2D eigenvalue weighted by molar-refractivity contribution is -0.179. The molecule has 5 heteroatoms. The molecule has 1 aromatic rings. The molecule has 20 heavy (non-hydrogen) atoms. The van der Waals surface area contributed by atoms with Gasteiger partial charge >= 0.3 is 5.97 Å². The van der Waals surface area contributed by atoms with E-state index in [-0.39, 0.29) is 19.6 Å². The zero-order valence-corrected chi connectivity index (χ0v) is 11.7. The quantitative estimate of drug-likeness (QED) is 0.877. The first-order valence-electron chi connectivity index (χ1n) is 6.64. The standard InChI is InChI=1S/C8H14O5.C7H8/c9-2-1-8(5-7(10)11)6-12-3-4-13-8;1-7-5-3-2-4-6-7/h9H,1-6H2,(H,10,11);2-6H,1H3. The fraction of sp³-hybridized carbons (Fsp3) is 0.533. The van der Waals surface area contributed by atoms with Gasteiger partial charge in [-0.2, -0.15) is 0 Å². The van der Waals surface area contributed by atoms with Crippen LogP contribution in [0, 0.1) is 6.92 Å². The number of carboxylic acids is 1. The molecule has 0 saturated carbocycles. The van der Waals surface area contributed by atoms with Crippen LogP contribution in [0.2, 0.25) is 0 Å². The number of carboxylic acid groups (broad SMARTS) is 1. The summed E-state index contributed by atoms with van der Waals surface area (Å²) < 4.78 is 10.5. The first-order chi connectivity index (χ1) is 9.58. The molecular formula is C15H22O5. The van der Waals surface area contributed by atoms with E-state index >= 15 is 0 Å². The average Bonchev–Trinajstić information content (AvgIpc) is 2.40. The topological polar surface area (TPSA) is 76.0 Å². The van der Waals surface area contributed by atoms with E-state index in [0.29, 0.717) is 19.6 Å². The number of hydrogen-bond acceptors (Lipinski definition) is 4. The third kappa shape index (κ3) is 6.14. The molecular weight excluding hydrogens is 260 g/mol. The number of ether oxygens (including phenoxy) is 2. The molecule has 0 radical (unpaired) electrons. The lowest BCUT2D eigenvalue weighted by Crippen LogP contribution is -2.45. The number of rotatable bonds is 4. The van der Waals surface area contributed by atoms with Crippen LogP contribution < -0.4 is 0 Å². The summed E-state index contributed by atoms with van der Waals surface area (Å²) >= 11 is 0. The first kappa shape index (κ1) is 16.6. The first-order valence-corrected chi connectivity index (χ1v) is 6.64. The molecule has 0 aromatic heterocycles. The van der Waals surface area contributed by atoms with Crippen molar-refractivity contribution in [2.24, 2.45) is 0 Å². The van der Waals surface area contributed by atoms with Gasteiger partial charge in [-0.1, -0.05) is 35.9 Å². The number of aliphatic hydroxyl groups is 1. The predicted octanol–water partition coefficient (Wildman–Crippen LogP) is 1.62. The minimum atomic E-state index is -0.932. The Hall–Kier alpha value is -1.43. The molecule has 1 atom stereocenters. The van der Waals surface area contributed by atoms with Crippen molar-refractivity contribution in [3.63, 3.8) is 0 Å². The number of aliphatic hydroxyl groups excluding tert-OH is 1. The van der Waals surface area contributed by atoms with Gasteiger partial charge in [-0.25, -0.2) is 0 Å². The molecule has 5 nitrogen and oxygen atoms in total. The SMILES string of the molecule is Cc1ccccc1.O=C(O)CC1(CCO)COCCO1. The number of aliphatic carboxylic acids is 1. The van der Waals surface area contributed by atoms with Crippen molar-refractivity contribution in [2.45, 2.75) is 25.4 Å². The van der Waals surface area contributed by atoms with Gasteiger partial charge in [0.15, 0.2) is 0 Å². The van der Waals surface area contributed by atoms with Gasteiger partial charge in [0.2, 0.25) is 0 Å². The zero-order chi connectivity index (χ0) is 14.8. The van der Waals surface area contributed by atoms with Crippen molar-refractivity contribution in [3.05, 3.63) is 35.9 Å². The highest BCUT2D eigenvalue weighted by molar-refractivity contribution is 5.68. The third-order valence-corrected chi connectivity index (χ3v) is 2.98. The highest BCUT2D eigenvalue weighted by atomic mass is 16.6. The van der Waals surface area contributed by atoms with Gasteiger partial charge < -0.3 is 19.7 Å². The van der Waals surface area contributed by atoms with Crippen LogP contribution in [-0.2, 0) is 14.3 Å². The van der Waals surface area contributed by atoms with E-state index in [0.717, 1.165) is 0 Å². The Balaban J connectivity index is 0.000000240. The van der Waals surface area contributed by atoms with Crippen LogP contribution in [0.4, 0.5) is 0 Å². The number of benzene rings is 1. The molecule has 2 N–H and O–H groups in total. The Morgan fingerprint density at radius 1 is 1.30 bits per heavy atom. The molecule has 1 aliphatic rings. The van der Waals surface area contributed by atoms with Crippen molar-refractivity contribution in [2.75, 3.05) is 26.4 Å². The second kappa shape index (κ2) is 8.68. The van der Waals surface area contributed by atoms with Crippen LogP contribution in [0.3, 0.4) is 0 Å². The Morgan fingerprint density at radius 2 is 2.00 bits per heavy atom. The van der Waals surface area contributed by atoms with Gasteiger partial charge in [0.1, 0.15) is 5.60 Å². The monoisotopic (exact) mass is 282 g/mol. The summed E-state index contributed by atoms with van der Waals surface area (Å²) in [6.07, 6.45) is 0.187. The van der Waals surface area contributed by atoms with Crippen molar-refractivity contribution in [3.8, 4) is 0 Å². The molecule has 0 bridgehead atoms. The van der Waals surface area contributed by atoms with Gasteiger partial charge in [0.05, 0.1) is 26.2 Å². The normalized spacial score (nSPS) is 21.7. The Bertz CT molecular complexity index is 379. The number of aryl methyl sites for hydroxylation is 1. The van der Waals surface area contributed by atoms with Crippen molar-refractivity contribution < 1.29 is 24.5 Å². The minimum absolute atomic E-state index is 0.0867. The smallest absolute Gasteiger partial charge is 0.306 e. The van der Waals surface area contributed by atoms with E-state index < -0.39 is 11.6 Å². The van der Waals surface area contributed by atoms with Gasteiger partial charge in [-0.3, -0.25) is 4.79 Å². The molecule has 1 saturated heterocycles. The van der Waals surface area contributed by atoms with Gasteiger partial charge in [0, 0.05) is 13.0 Å². The summed E-state index contributed by atoms with van der Waals surface area (Å²) in [5.74, 6) is -0.932. The van der Waals surface area contributed by atoms with E-state index in [2.05, 4.69) is 19.1 Å². The van der Waals surface area contributed by atoms with E-state index in [1.54, 1.807) is 0 Å². The summed E-state index contributed by atoms with van der Waals surface area (Å²) in [4.78, 5) is 10.5. The molecule has 2 rings (SSSR count). The van der Waals surface area contributed by atoms with Crippen molar-refractivity contribution in [1.29, 1.82) is 0 Å². The van der Waals surface area contributed by atoms with Gasteiger partial charge in [-0.15, -0.1) is 0 Å². The maximum Gasteiger partial charge on any atom is 0.306 e. The van der Waals surface area contributed by atoms with Crippen LogP contribution in [0.1, 0.15) is 18.4 Å². The lowest BCUT2D eigenvalue weighted by Gasteiger charge is -2.35. The predicted molar refractivity (Wildman–Crippen MR) is 74.6 cm³/mol. The zero-order valence-electron chi connectivity index (χ0n) is 11.7. The van der Waals surface area contributed by atoms with Crippen LogP contribution in [0.5, 0.6) is 0 Å². The molecule has 1 heterocycles. The lowest BCUT2D eigenvalue weighted by atomic mass is 9.96. The fourth-order valence-corrected chi connectivity index (χ4v) is 1.97. The number of hydrogen-bond donors (Lipinski definition) is 2. The van der Waals surface area contributed by atoms with E-state index in [1.807, 2.05) is 18.2 Å². The highest BCUT2D eigenvalue weighted by Crippen LogP contribution is 2.24. The maximum atomic E-state index is 10.5. The molecule has 0 aliphatic carbocycles. The third-order valence-electron chi connectivity index (χ3n) is 2.98. The van der Waals surface area contributed by atoms with E-state index in [4.69, 9.17) is 19.7 Å². The van der Waals surface area contributed by atoms with Crippen molar-refractivity contribution >= 4 is 5.97 Å². The average molecular weight is 282 g/mol. The molecule has 112 valence electrons. The van der Waals surface area contributed by atoms with E-state index in [9.17, 15) is 4.79 Å². The molecule has 1 unspecified atom stereocenters. The van der Waals surface area contributed by atoms with E-state index in [1.165, 1.54) is 5.56 Å². The second-order valence-electron chi connectivity index (χ2n) is 4.78. The summed E-state index contributed by atoms with van der Waals surface area (Å²) in [7, 11) is 0. The molecule has 1 aromatic carbocycles. The highest BCUT2D eigenvalue weighted by Gasteiger charge is 2.36.